The van der Waals surface area contributed by atoms with Crippen LogP contribution in [0.2, 0.25) is 0 Å². The molecule has 0 nitrogen and oxygen atoms in total. The molecule has 0 aromatic heterocycles. The Morgan fingerprint density at radius 3 is 2.43 bits per heavy atom. The fourth-order valence-electron chi connectivity index (χ4n) is 3.73. The van der Waals surface area contributed by atoms with E-state index in [2.05, 4.69) is 6.92 Å². The molecule has 2 unspecified atom stereocenters. The van der Waals surface area contributed by atoms with Gasteiger partial charge in [-0.3, -0.25) is 0 Å². The molecule has 2 aromatic carbocycles. The summed E-state index contributed by atoms with van der Waals surface area (Å²) in [6.07, 6.45) is 5.88. The van der Waals surface area contributed by atoms with Gasteiger partial charge in [0.25, 0.3) is 0 Å². The van der Waals surface area contributed by atoms with Crippen molar-refractivity contribution in [3.05, 3.63) is 59.4 Å². The van der Waals surface area contributed by atoms with E-state index < -0.39 is 11.6 Å². The second-order valence-corrected chi connectivity index (χ2v) is 6.53. The molecule has 2 aromatic rings. The fraction of sp³-hybridized carbons (Fsp3) is 0.400. The first-order chi connectivity index (χ1) is 11.1. The molecule has 0 bridgehead atoms. The van der Waals surface area contributed by atoms with Gasteiger partial charge in [-0.05, 0) is 60.4 Å². The molecule has 1 aliphatic carbocycles. The maximum atomic E-state index is 14.5. The molecule has 0 saturated heterocycles. The lowest BCUT2D eigenvalue weighted by Crippen LogP contribution is -1.97. The molecule has 1 saturated carbocycles. The zero-order chi connectivity index (χ0) is 16.4. The maximum absolute atomic E-state index is 14.5. The summed E-state index contributed by atoms with van der Waals surface area (Å²) >= 11 is 0. The van der Waals surface area contributed by atoms with Crippen molar-refractivity contribution in [1.82, 2.24) is 0 Å². The standard InChI is InChI=1S/C20H21F3/c1-2-3-13-4-5-14(10-13)15-6-8-17(19(22)11-15)16-7-9-18(21)20(23)12-16/h6-9,11-14H,2-5,10H2,1H3. The number of halogens is 3. The van der Waals surface area contributed by atoms with Gasteiger partial charge in [0.2, 0.25) is 0 Å². The van der Waals surface area contributed by atoms with Gasteiger partial charge in [-0.25, -0.2) is 13.2 Å². The van der Waals surface area contributed by atoms with E-state index in [1.165, 1.54) is 25.3 Å². The van der Waals surface area contributed by atoms with Crippen LogP contribution in [0.3, 0.4) is 0 Å². The summed E-state index contributed by atoms with van der Waals surface area (Å²) in [5, 5.41) is 0. The van der Waals surface area contributed by atoms with Crippen molar-refractivity contribution in [2.24, 2.45) is 5.92 Å². The van der Waals surface area contributed by atoms with Crippen molar-refractivity contribution < 1.29 is 13.2 Å². The molecule has 122 valence electrons. The number of hydrogen-bond donors (Lipinski definition) is 0. The maximum Gasteiger partial charge on any atom is 0.159 e. The second-order valence-electron chi connectivity index (χ2n) is 6.53. The van der Waals surface area contributed by atoms with Crippen LogP contribution in [0.1, 0.15) is 50.5 Å². The minimum atomic E-state index is -0.954. The zero-order valence-corrected chi connectivity index (χ0v) is 13.3. The highest BCUT2D eigenvalue weighted by Crippen LogP contribution is 2.41. The van der Waals surface area contributed by atoms with Gasteiger partial charge >= 0.3 is 0 Å². The van der Waals surface area contributed by atoms with E-state index in [-0.39, 0.29) is 5.82 Å². The van der Waals surface area contributed by atoms with Crippen molar-refractivity contribution in [2.75, 3.05) is 0 Å². The Morgan fingerprint density at radius 1 is 0.913 bits per heavy atom. The monoisotopic (exact) mass is 318 g/mol. The Kier molecular flexibility index (Phi) is 4.74. The summed E-state index contributed by atoms with van der Waals surface area (Å²) in [5.74, 6) is -1.07. The van der Waals surface area contributed by atoms with Crippen LogP contribution < -0.4 is 0 Å². The van der Waals surface area contributed by atoms with E-state index in [9.17, 15) is 13.2 Å². The van der Waals surface area contributed by atoms with E-state index in [1.807, 2.05) is 6.07 Å². The number of rotatable bonds is 4. The van der Waals surface area contributed by atoms with Crippen LogP contribution in [0.4, 0.5) is 13.2 Å². The van der Waals surface area contributed by atoms with Crippen molar-refractivity contribution in [2.45, 2.75) is 44.9 Å². The molecule has 0 heterocycles. The van der Waals surface area contributed by atoms with Gasteiger partial charge in [0, 0.05) is 5.56 Å². The van der Waals surface area contributed by atoms with E-state index >= 15 is 0 Å². The highest BCUT2D eigenvalue weighted by atomic mass is 19.2. The van der Waals surface area contributed by atoms with Crippen molar-refractivity contribution in [3.8, 4) is 11.1 Å². The first-order valence-electron chi connectivity index (χ1n) is 8.33. The van der Waals surface area contributed by atoms with E-state index in [1.54, 1.807) is 12.1 Å². The van der Waals surface area contributed by atoms with Gasteiger partial charge in [-0.15, -0.1) is 0 Å². The first-order valence-corrected chi connectivity index (χ1v) is 8.33. The van der Waals surface area contributed by atoms with Gasteiger partial charge in [-0.2, -0.15) is 0 Å². The Hall–Kier alpha value is -1.77. The third kappa shape index (κ3) is 3.44. The molecule has 23 heavy (non-hydrogen) atoms. The molecular formula is C20H21F3. The highest BCUT2D eigenvalue weighted by molar-refractivity contribution is 5.64. The highest BCUT2D eigenvalue weighted by Gasteiger charge is 2.25. The lowest BCUT2D eigenvalue weighted by Gasteiger charge is -2.13. The SMILES string of the molecule is CCCC1CCC(c2ccc(-c3ccc(F)c(F)c3)c(F)c2)C1. The number of benzene rings is 2. The van der Waals surface area contributed by atoms with Crippen LogP contribution in [0.25, 0.3) is 11.1 Å². The van der Waals surface area contributed by atoms with Crippen LogP contribution in [0.5, 0.6) is 0 Å². The summed E-state index contributed by atoms with van der Waals surface area (Å²) < 4.78 is 40.8. The smallest absolute Gasteiger partial charge is 0.159 e. The van der Waals surface area contributed by atoms with Gasteiger partial charge in [0.15, 0.2) is 11.6 Å². The van der Waals surface area contributed by atoms with Crippen LogP contribution in [0.15, 0.2) is 36.4 Å². The van der Waals surface area contributed by atoms with Gasteiger partial charge in [-0.1, -0.05) is 38.0 Å². The van der Waals surface area contributed by atoms with Crippen molar-refractivity contribution >= 4 is 0 Å². The lowest BCUT2D eigenvalue weighted by molar-refractivity contribution is 0.489. The Morgan fingerprint density at radius 2 is 1.74 bits per heavy atom. The van der Waals surface area contributed by atoms with Crippen LogP contribution in [0, 0.1) is 23.4 Å². The second kappa shape index (κ2) is 6.77. The molecule has 0 radical (unpaired) electrons. The quantitative estimate of drug-likeness (QED) is 0.607. The average Bonchev–Trinajstić information content (AvgIpc) is 2.99. The fourth-order valence-corrected chi connectivity index (χ4v) is 3.73. The predicted molar refractivity (Wildman–Crippen MR) is 86.7 cm³/mol. The number of hydrogen-bond acceptors (Lipinski definition) is 0. The minimum Gasteiger partial charge on any atom is -0.206 e. The first kappa shape index (κ1) is 16.1. The molecule has 0 aliphatic heterocycles. The summed E-state index contributed by atoms with van der Waals surface area (Å²) in [6, 6.07) is 8.66. The largest absolute Gasteiger partial charge is 0.206 e. The molecule has 0 N–H and O–H groups in total. The molecule has 1 fully saturated rings. The summed E-state index contributed by atoms with van der Waals surface area (Å²) in [5.41, 5.74) is 1.70. The van der Waals surface area contributed by atoms with E-state index in [0.29, 0.717) is 17.0 Å². The molecule has 3 rings (SSSR count). The van der Waals surface area contributed by atoms with E-state index in [0.717, 1.165) is 36.5 Å². The minimum absolute atomic E-state index is 0.316. The Bertz CT molecular complexity index is 693. The Balaban J connectivity index is 1.82. The van der Waals surface area contributed by atoms with Crippen LogP contribution in [-0.2, 0) is 0 Å². The molecule has 0 spiro atoms. The molecule has 1 aliphatic rings. The normalized spacial score (nSPS) is 20.9. The van der Waals surface area contributed by atoms with E-state index in [4.69, 9.17) is 0 Å². The van der Waals surface area contributed by atoms with Gasteiger partial charge in [0.1, 0.15) is 5.82 Å². The predicted octanol–water partition coefficient (Wildman–Crippen LogP) is 6.45. The van der Waals surface area contributed by atoms with Crippen LogP contribution >= 0.6 is 0 Å². The van der Waals surface area contributed by atoms with Gasteiger partial charge in [0.05, 0.1) is 0 Å². The molecule has 3 heteroatoms. The third-order valence-corrected chi connectivity index (χ3v) is 4.93. The molecule has 0 amide bonds. The van der Waals surface area contributed by atoms with Crippen LogP contribution in [-0.4, -0.2) is 0 Å². The zero-order valence-electron chi connectivity index (χ0n) is 13.3. The molecule has 2 atom stereocenters. The van der Waals surface area contributed by atoms with Crippen molar-refractivity contribution in [3.63, 3.8) is 0 Å². The molecular weight excluding hydrogens is 297 g/mol. The lowest BCUT2D eigenvalue weighted by atomic mass is 9.93. The summed E-state index contributed by atoms with van der Waals surface area (Å²) in [6.45, 7) is 2.20. The van der Waals surface area contributed by atoms with Gasteiger partial charge < -0.3 is 0 Å². The van der Waals surface area contributed by atoms with Crippen molar-refractivity contribution in [1.29, 1.82) is 0 Å². The average molecular weight is 318 g/mol. The summed E-state index contributed by atoms with van der Waals surface area (Å²) in [7, 11) is 0. The topological polar surface area (TPSA) is 0 Å². The Labute approximate surface area is 135 Å². The summed E-state index contributed by atoms with van der Waals surface area (Å²) in [4.78, 5) is 0. The third-order valence-electron chi connectivity index (χ3n) is 4.93.